The molecule has 0 aromatic heterocycles. The molecule has 0 aliphatic carbocycles. The van der Waals surface area contributed by atoms with E-state index >= 15 is 0 Å². The Labute approximate surface area is 175 Å². The first kappa shape index (κ1) is 20.2. The van der Waals surface area contributed by atoms with Gasteiger partial charge in [-0.25, -0.2) is 4.39 Å². The van der Waals surface area contributed by atoms with E-state index in [0.717, 1.165) is 0 Å². The number of hydrogen-bond donors (Lipinski definition) is 1. The highest BCUT2D eigenvalue weighted by Crippen LogP contribution is 2.36. The Balaban J connectivity index is 1.40. The van der Waals surface area contributed by atoms with Gasteiger partial charge in [-0.3, -0.25) is 9.59 Å². The minimum Gasteiger partial charge on any atom is -0.486 e. The maximum atomic E-state index is 14.1. The number of amides is 2. The Morgan fingerprint density at radius 3 is 2.67 bits per heavy atom. The summed E-state index contributed by atoms with van der Waals surface area (Å²) in [7, 11) is 0. The second kappa shape index (κ2) is 7.97. The van der Waals surface area contributed by atoms with Crippen LogP contribution in [-0.4, -0.2) is 38.1 Å². The average Bonchev–Trinajstić information content (AvgIpc) is 3.13. The number of carbonyl (C=O) groups excluding carboxylic acids is 2. The molecule has 2 aliphatic rings. The van der Waals surface area contributed by atoms with E-state index in [1.54, 1.807) is 41.3 Å². The number of anilines is 1. The van der Waals surface area contributed by atoms with Gasteiger partial charge in [0.15, 0.2) is 11.5 Å². The van der Waals surface area contributed by atoms with Crippen LogP contribution >= 0.6 is 0 Å². The van der Waals surface area contributed by atoms with Crippen LogP contribution in [0.4, 0.5) is 10.1 Å². The molecule has 0 saturated carbocycles. The largest absolute Gasteiger partial charge is 0.486 e. The standard InChI is InChI=1S/C23H25FN2O4/c1-23(2,17-5-3-4-6-18(17)24)14-25-22(28)15-11-21(27)26(13-15)16-7-8-19-20(12-16)30-10-9-29-19/h3-8,12,15H,9-11,13-14H2,1-2H3,(H,25,28). The number of rotatable bonds is 5. The number of nitrogens with one attached hydrogen (secondary N) is 1. The molecule has 2 aliphatic heterocycles. The minimum atomic E-state index is -0.570. The van der Waals surface area contributed by atoms with E-state index in [1.165, 1.54) is 6.07 Å². The maximum Gasteiger partial charge on any atom is 0.227 e. The van der Waals surface area contributed by atoms with Gasteiger partial charge in [-0.2, -0.15) is 0 Å². The van der Waals surface area contributed by atoms with Crippen LogP contribution in [0.15, 0.2) is 42.5 Å². The normalized spacial score (nSPS) is 18.4. The van der Waals surface area contributed by atoms with Crippen LogP contribution in [0.5, 0.6) is 11.5 Å². The fourth-order valence-corrected chi connectivity index (χ4v) is 3.89. The molecule has 30 heavy (non-hydrogen) atoms. The van der Waals surface area contributed by atoms with Crippen LogP contribution in [0.3, 0.4) is 0 Å². The van der Waals surface area contributed by atoms with Gasteiger partial charge in [-0.15, -0.1) is 0 Å². The highest BCUT2D eigenvalue weighted by atomic mass is 19.1. The van der Waals surface area contributed by atoms with E-state index in [2.05, 4.69) is 5.32 Å². The zero-order valence-electron chi connectivity index (χ0n) is 17.1. The molecule has 1 atom stereocenters. The first-order valence-electron chi connectivity index (χ1n) is 10.1. The van der Waals surface area contributed by atoms with Crippen LogP contribution in [0.25, 0.3) is 0 Å². The molecule has 0 spiro atoms. The second-order valence-corrected chi connectivity index (χ2v) is 8.31. The van der Waals surface area contributed by atoms with Gasteiger partial charge < -0.3 is 19.7 Å². The number of ether oxygens (including phenoxy) is 2. The van der Waals surface area contributed by atoms with Crippen molar-refractivity contribution in [3.8, 4) is 11.5 Å². The first-order valence-corrected chi connectivity index (χ1v) is 10.1. The lowest BCUT2D eigenvalue weighted by atomic mass is 9.84. The lowest BCUT2D eigenvalue weighted by molar-refractivity contribution is -0.126. The van der Waals surface area contributed by atoms with Gasteiger partial charge >= 0.3 is 0 Å². The van der Waals surface area contributed by atoms with E-state index in [1.807, 2.05) is 13.8 Å². The first-order chi connectivity index (χ1) is 14.3. The predicted molar refractivity (Wildman–Crippen MR) is 110 cm³/mol. The summed E-state index contributed by atoms with van der Waals surface area (Å²) in [4.78, 5) is 26.9. The molecule has 0 radical (unpaired) electrons. The molecule has 2 aromatic rings. The molecule has 2 heterocycles. The van der Waals surface area contributed by atoms with Gasteiger partial charge in [0.1, 0.15) is 19.0 Å². The van der Waals surface area contributed by atoms with E-state index in [4.69, 9.17) is 9.47 Å². The monoisotopic (exact) mass is 412 g/mol. The summed E-state index contributed by atoms with van der Waals surface area (Å²) in [5.41, 5.74) is 0.663. The Morgan fingerprint density at radius 2 is 1.90 bits per heavy atom. The van der Waals surface area contributed by atoms with Crippen LogP contribution < -0.4 is 19.7 Å². The smallest absolute Gasteiger partial charge is 0.227 e. The minimum absolute atomic E-state index is 0.111. The van der Waals surface area contributed by atoms with Crippen molar-refractivity contribution >= 4 is 17.5 Å². The third kappa shape index (κ3) is 3.97. The summed E-state index contributed by atoms with van der Waals surface area (Å²) in [6.45, 7) is 5.31. The molecular formula is C23H25FN2O4. The quantitative estimate of drug-likeness (QED) is 0.820. The van der Waals surface area contributed by atoms with Crippen LogP contribution in [-0.2, 0) is 15.0 Å². The van der Waals surface area contributed by atoms with Crippen molar-refractivity contribution in [2.24, 2.45) is 5.92 Å². The molecule has 2 aromatic carbocycles. The number of nitrogens with zero attached hydrogens (tertiary/aromatic N) is 1. The molecule has 1 fully saturated rings. The number of carbonyl (C=O) groups is 2. The van der Waals surface area contributed by atoms with Gasteiger partial charge in [-0.05, 0) is 23.8 Å². The van der Waals surface area contributed by atoms with Gasteiger partial charge in [0.2, 0.25) is 11.8 Å². The summed E-state index contributed by atoms with van der Waals surface area (Å²) in [5.74, 6) is 0.195. The van der Waals surface area contributed by atoms with Gasteiger partial charge in [0, 0.05) is 36.7 Å². The summed E-state index contributed by atoms with van der Waals surface area (Å²) >= 11 is 0. The van der Waals surface area contributed by atoms with E-state index in [0.29, 0.717) is 42.5 Å². The van der Waals surface area contributed by atoms with Crippen LogP contribution in [0.2, 0.25) is 0 Å². The van der Waals surface area contributed by atoms with E-state index in [-0.39, 0.29) is 30.6 Å². The number of halogens is 1. The molecule has 0 bridgehead atoms. The molecule has 158 valence electrons. The van der Waals surface area contributed by atoms with Gasteiger partial charge in [0.25, 0.3) is 0 Å². The fourth-order valence-electron chi connectivity index (χ4n) is 3.89. The second-order valence-electron chi connectivity index (χ2n) is 8.31. The molecule has 7 heteroatoms. The summed E-state index contributed by atoms with van der Waals surface area (Å²) in [6.07, 6.45) is 0.139. The van der Waals surface area contributed by atoms with Crippen molar-refractivity contribution in [1.82, 2.24) is 5.32 Å². The Bertz CT molecular complexity index is 975. The number of benzene rings is 2. The molecule has 4 rings (SSSR count). The number of fused-ring (bicyclic) bond motifs is 1. The summed E-state index contributed by atoms with van der Waals surface area (Å²) in [5, 5.41) is 2.90. The third-order valence-electron chi connectivity index (χ3n) is 5.64. The zero-order valence-corrected chi connectivity index (χ0v) is 17.1. The summed E-state index contributed by atoms with van der Waals surface area (Å²) < 4.78 is 25.2. The third-order valence-corrected chi connectivity index (χ3v) is 5.64. The van der Waals surface area contributed by atoms with Crippen molar-refractivity contribution in [2.75, 3.05) is 31.2 Å². The molecular weight excluding hydrogens is 387 g/mol. The van der Waals surface area contributed by atoms with Gasteiger partial charge in [-0.1, -0.05) is 32.0 Å². The number of hydrogen-bond acceptors (Lipinski definition) is 4. The van der Waals surface area contributed by atoms with Crippen molar-refractivity contribution in [2.45, 2.75) is 25.7 Å². The molecule has 1 unspecified atom stereocenters. The Morgan fingerprint density at radius 1 is 1.17 bits per heavy atom. The molecule has 1 saturated heterocycles. The van der Waals surface area contributed by atoms with Crippen molar-refractivity contribution in [1.29, 1.82) is 0 Å². The summed E-state index contributed by atoms with van der Waals surface area (Å²) in [6, 6.07) is 11.9. The van der Waals surface area contributed by atoms with Crippen LogP contribution in [0, 0.1) is 11.7 Å². The molecule has 2 amide bonds. The van der Waals surface area contributed by atoms with Gasteiger partial charge in [0.05, 0.1) is 5.92 Å². The van der Waals surface area contributed by atoms with E-state index in [9.17, 15) is 14.0 Å². The van der Waals surface area contributed by atoms with E-state index < -0.39 is 11.3 Å². The molecule has 6 nitrogen and oxygen atoms in total. The lowest BCUT2D eigenvalue weighted by Gasteiger charge is -2.27. The predicted octanol–water partition coefficient (Wildman–Crippen LogP) is 3.04. The molecule has 1 N–H and O–H groups in total. The topological polar surface area (TPSA) is 67.9 Å². The highest BCUT2D eigenvalue weighted by molar-refractivity contribution is 6.00. The SMILES string of the molecule is CC(C)(CNC(=O)C1CC(=O)N(c2ccc3c(c2)OCCO3)C1)c1ccccc1F. The maximum absolute atomic E-state index is 14.1. The Kier molecular flexibility index (Phi) is 5.37. The van der Waals surface area contributed by atoms with Crippen LogP contribution in [0.1, 0.15) is 25.8 Å². The van der Waals surface area contributed by atoms with Crippen molar-refractivity contribution in [3.63, 3.8) is 0 Å². The highest BCUT2D eigenvalue weighted by Gasteiger charge is 2.36. The Hall–Kier alpha value is -3.09. The zero-order chi connectivity index (χ0) is 21.3. The average molecular weight is 412 g/mol. The lowest BCUT2D eigenvalue weighted by Crippen LogP contribution is -2.40. The van der Waals surface area contributed by atoms with Crippen molar-refractivity contribution in [3.05, 3.63) is 53.8 Å². The van der Waals surface area contributed by atoms with Crippen molar-refractivity contribution < 1.29 is 23.5 Å². The fraction of sp³-hybridized carbons (Fsp3) is 0.391.